The van der Waals surface area contributed by atoms with Crippen LogP contribution in [0.15, 0.2) is 29.2 Å². The number of benzene rings is 1. The van der Waals surface area contributed by atoms with E-state index in [0.717, 1.165) is 51.4 Å². The van der Waals surface area contributed by atoms with Gasteiger partial charge in [0.2, 0.25) is 15.9 Å². The third-order valence-electron chi connectivity index (χ3n) is 5.62. The first-order chi connectivity index (χ1) is 12.0. The molecule has 0 aromatic heterocycles. The fraction of sp³-hybridized carbons (Fsp3) is 0.632. The molecule has 0 spiro atoms. The second-order valence-electron chi connectivity index (χ2n) is 7.28. The first-order valence-corrected chi connectivity index (χ1v) is 10.8. The molecule has 0 heterocycles. The number of nitrogens with zero attached hydrogens (tertiary/aromatic N) is 1. The number of carbonyl (C=O) groups excluding carboxylic acids is 1. The third-order valence-corrected chi connectivity index (χ3v) is 7.59. The van der Waals surface area contributed by atoms with Gasteiger partial charge in [-0.2, -0.15) is 4.31 Å². The van der Waals surface area contributed by atoms with Gasteiger partial charge in [0.1, 0.15) is 4.90 Å². The molecule has 2 aliphatic carbocycles. The van der Waals surface area contributed by atoms with E-state index in [0.29, 0.717) is 5.69 Å². The van der Waals surface area contributed by atoms with Crippen molar-refractivity contribution in [2.75, 3.05) is 12.4 Å². The van der Waals surface area contributed by atoms with Crippen LogP contribution in [-0.2, 0) is 14.8 Å². The van der Waals surface area contributed by atoms with E-state index < -0.39 is 10.0 Å². The van der Waals surface area contributed by atoms with Crippen molar-refractivity contribution in [3.05, 3.63) is 24.3 Å². The predicted molar refractivity (Wildman–Crippen MR) is 98.9 cm³/mol. The number of para-hydroxylation sites is 1. The molecule has 1 aromatic carbocycles. The summed E-state index contributed by atoms with van der Waals surface area (Å²) in [6.07, 6.45) is 9.07. The van der Waals surface area contributed by atoms with E-state index in [2.05, 4.69) is 5.32 Å². The minimum absolute atomic E-state index is 0.00633. The molecule has 1 amide bonds. The Labute approximate surface area is 150 Å². The van der Waals surface area contributed by atoms with Crippen LogP contribution in [0.5, 0.6) is 0 Å². The molecule has 0 atom stereocenters. The summed E-state index contributed by atoms with van der Waals surface area (Å²) in [7, 11) is -1.95. The summed E-state index contributed by atoms with van der Waals surface area (Å²) in [5.41, 5.74) is 0.405. The molecule has 1 aromatic rings. The lowest BCUT2D eigenvalue weighted by molar-refractivity contribution is -0.119. The number of carbonyl (C=O) groups is 1. The average Bonchev–Trinajstić information content (AvgIpc) is 3.17. The van der Waals surface area contributed by atoms with E-state index in [1.807, 2.05) is 0 Å². The van der Waals surface area contributed by atoms with Crippen molar-refractivity contribution in [1.29, 1.82) is 0 Å². The monoisotopic (exact) mass is 364 g/mol. The van der Waals surface area contributed by atoms with Gasteiger partial charge in [-0.25, -0.2) is 8.42 Å². The molecule has 1 N–H and O–H groups in total. The summed E-state index contributed by atoms with van der Waals surface area (Å²) in [6.45, 7) is 0. The summed E-state index contributed by atoms with van der Waals surface area (Å²) < 4.78 is 27.8. The molecule has 0 saturated heterocycles. The molecule has 25 heavy (non-hydrogen) atoms. The summed E-state index contributed by atoms with van der Waals surface area (Å²) in [5, 5.41) is 2.87. The zero-order chi connectivity index (χ0) is 17.9. The summed E-state index contributed by atoms with van der Waals surface area (Å²) in [5.74, 6) is -0.0488. The molecule has 0 bridgehead atoms. The number of rotatable bonds is 5. The van der Waals surface area contributed by atoms with Gasteiger partial charge in [-0.3, -0.25) is 4.79 Å². The Balaban J connectivity index is 1.82. The normalized spacial score (nSPS) is 20.1. The third kappa shape index (κ3) is 4.06. The van der Waals surface area contributed by atoms with Crippen molar-refractivity contribution < 1.29 is 13.2 Å². The Morgan fingerprint density at radius 1 is 1.00 bits per heavy atom. The number of nitrogens with one attached hydrogen (secondary N) is 1. The first kappa shape index (κ1) is 18.4. The van der Waals surface area contributed by atoms with Gasteiger partial charge in [0.15, 0.2) is 0 Å². The Morgan fingerprint density at radius 2 is 1.60 bits per heavy atom. The zero-order valence-corrected chi connectivity index (χ0v) is 15.7. The van der Waals surface area contributed by atoms with Crippen LogP contribution >= 0.6 is 0 Å². The second-order valence-corrected chi connectivity index (χ2v) is 9.25. The maximum absolute atomic E-state index is 13.1. The quantitative estimate of drug-likeness (QED) is 0.865. The Bertz CT molecular complexity index is 705. The van der Waals surface area contributed by atoms with Gasteiger partial charge in [-0.1, -0.05) is 44.2 Å². The Morgan fingerprint density at radius 3 is 2.28 bits per heavy atom. The molecule has 6 heteroatoms. The SMILES string of the molecule is CN(C1CCCCC1)S(=O)(=O)c1ccccc1NC(=O)C1CCCC1. The van der Waals surface area contributed by atoms with Gasteiger partial charge >= 0.3 is 0 Å². The van der Waals surface area contributed by atoms with Crippen molar-refractivity contribution >= 4 is 21.6 Å². The maximum Gasteiger partial charge on any atom is 0.245 e. The molecule has 138 valence electrons. The van der Waals surface area contributed by atoms with E-state index in [9.17, 15) is 13.2 Å². The van der Waals surface area contributed by atoms with Crippen LogP contribution in [0.25, 0.3) is 0 Å². The average molecular weight is 365 g/mol. The van der Waals surface area contributed by atoms with Crippen molar-refractivity contribution in [2.45, 2.75) is 68.7 Å². The van der Waals surface area contributed by atoms with Crippen molar-refractivity contribution in [3.8, 4) is 0 Å². The van der Waals surface area contributed by atoms with Crippen LogP contribution in [-0.4, -0.2) is 31.7 Å². The molecular formula is C19H28N2O3S. The Hall–Kier alpha value is -1.40. The molecule has 0 unspecified atom stereocenters. The first-order valence-electron chi connectivity index (χ1n) is 9.38. The highest BCUT2D eigenvalue weighted by Crippen LogP contribution is 2.31. The van der Waals surface area contributed by atoms with Crippen LogP contribution in [0, 0.1) is 5.92 Å². The Kier molecular flexibility index (Phi) is 5.79. The topological polar surface area (TPSA) is 66.5 Å². The minimum Gasteiger partial charge on any atom is -0.325 e. The molecule has 2 fully saturated rings. The number of anilines is 1. The summed E-state index contributed by atoms with van der Waals surface area (Å²) >= 11 is 0. The molecule has 0 aliphatic heterocycles. The van der Waals surface area contributed by atoms with Gasteiger partial charge in [0, 0.05) is 19.0 Å². The zero-order valence-electron chi connectivity index (χ0n) is 14.9. The fourth-order valence-corrected chi connectivity index (χ4v) is 5.57. The molecule has 3 rings (SSSR count). The van der Waals surface area contributed by atoms with Crippen molar-refractivity contribution in [3.63, 3.8) is 0 Å². The van der Waals surface area contributed by atoms with E-state index in [1.54, 1.807) is 31.3 Å². The lowest BCUT2D eigenvalue weighted by atomic mass is 9.96. The molecule has 0 radical (unpaired) electrons. The molecule has 2 saturated carbocycles. The van der Waals surface area contributed by atoms with Gasteiger partial charge in [0.05, 0.1) is 5.69 Å². The van der Waals surface area contributed by atoms with Crippen LogP contribution in [0.2, 0.25) is 0 Å². The molecule has 5 nitrogen and oxygen atoms in total. The lowest BCUT2D eigenvalue weighted by Gasteiger charge is -2.31. The second kappa shape index (κ2) is 7.87. The van der Waals surface area contributed by atoms with E-state index in [1.165, 1.54) is 10.7 Å². The smallest absolute Gasteiger partial charge is 0.245 e. The summed E-state index contributed by atoms with van der Waals surface area (Å²) in [6, 6.07) is 6.82. The fourth-order valence-electron chi connectivity index (χ4n) is 4.01. The van der Waals surface area contributed by atoms with Crippen molar-refractivity contribution in [2.24, 2.45) is 5.92 Å². The number of hydrogen-bond donors (Lipinski definition) is 1. The van der Waals surface area contributed by atoms with Crippen LogP contribution in [0.3, 0.4) is 0 Å². The lowest BCUT2D eigenvalue weighted by Crippen LogP contribution is -2.38. The van der Waals surface area contributed by atoms with E-state index >= 15 is 0 Å². The van der Waals surface area contributed by atoms with Crippen LogP contribution in [0.1, 0.15) is 57.8 Å². The predicted octanol–water partition coefficient (Wildman–Crippen LogP) is 3.77. The van der Waals surface area contributed by atoms with Gasteiger partial charge in [0.25, 0.3) is 0 Å². The van der Waals surface area contributed by atoms with Crippen molar-refractivity contribution in [1.82, 2.24) is 4.31 Å². The highest BCUT2D eigenvalue weighted by atomic mass is 32.2. The molecular weight excluding hydrogens is 336 g/mol. The molecule has 2 aliphatic rings. The number of hydrogen-bond acceptors (Lipinski definition) is 3. The summed E-state index contributed by atoms with van der Waals surface area (Å²) in [4.78, 5) is 12.6. The highest BCUT2D eigenvalue weighted by molar-refractivity contribution is 7.89. The number of amides is 1. The van der Waals surface area contributed by atoms with E-state index in [4.69, 9.17) is 0 Å². The highest BCUT2D eigenvalue weighted by Gasteiger charge is 2.31. The standard InChI is InChI=1S/C19H28N2O3S/c1-21(16-11-3-2-4-12-16)25(23,24)18-14-8-7-13-17(18)20-19(22)15-9-5-6-10-15/h7-8,13-16H,2-6,9-12H2,1H3,(H,20,22). The van der Waals surface area contributed by atoms with Gasteiger partial charge < -0.3 is 5.32 Å². The van der Waals surface area contributed by atoms with Crippen LogP contribution in [0.4, 0.5) is 5.69 Å². The van der Waals surface area contributed by atoms with Crippen LogP contribution < -0.4 is 5.32 Å². The largest absolute Gasteiger partial charge is 0.325 e. The van der Waals surface area contributed by atoms with Gasteiger partial charge in [-0.15, -0.1) is 0 Å². The minimum atomic E-state index is -3.62. The van der Waals surface area contributed by atoms with Gasteiger partial charge in [-0.05, 0) is 37.8 Å². The maximum atomic E-state index is 13.1. The van der Waals surface area contributed by atoms with E-state index in [-0.39, 0.29) is 22.8 Å². The number of sulfonamides is 1.